The van der Waals surface area contributed by atoms with E-state index in [0.29, 0.717) is 12.4 Å². The van der Waals surface area contributed by atoms with Crippen LogP contribution in [0.1, 0.15) is 11.4 Å². The monoisotopic (exact) mass is 283 g/mol. The average Bonchev–Trinajstić information content (AvgIpc) is 3.12. The topological polar surface area (TPSA) is 73.6 Å². The zero-order valence-electron chi connectivity index (χ0n) is 11.4. The summed E-state index contributed by atoms with van der Waals surface area (Å²) in [5.74, 6) is 3.10. The third-order valence-electron chi connectivity index (χ3n) is 3.39. The van der Waals surface area contributed by atoms with Crippen molar-refractivity contribution in [3.63, 3.8) is 0 Å². The zero-order valence-corrected chi connectivity index (χ0v) is 11.4. The molecule has 7 nitrogen and oxygen atoms in total. The third-order valence-corrected chi connectivity index (χ3v) is 3.39. The van der Waals surface area contributed by atoms with Crippen LogP contribution in [0.15, 0.2) is 30.6 Å². The molecule has 3 aromatic rings. The Labute approximate surface area is 120 Å². The Morgan fingerprint density at radius 1 is 1.24 bits per heavy atom. The first kappa shape index (κ1) is 12.0. The van der Waals surface area contributed by atoms with Gasteiger partial charge in [0.15, 0.2) is 17.3 Å². The van der Waals surface area contributed by atoms with E-state index in [1.807, 2.05) is 35.7 Å². The van der Waals surface area contributed by atoms with Crippen molar-refractivity contribution in [2.24, 2.45) is 0 Å². The summed E-state index contributed by atoms with van der Waals surface area (Å²) in [6, 6.07) is 5.87. The summed E-state index contributed by atoms with van der Waals surface area (Å²) < 4.78 is 12.6. The van der Waals surface area contributed by atoms with Crippen molar-refractivity contribution in [1.82, 2.24) is 19.6 Å². The van der Waals surface area contributed by atoms with E-state index in [9.17, 15) is 0 Å². The first-order valence-electron chi connectivity index (χ1n) is 6.60. The minimum absolute atomic E-state index is 0.284. The summed E-state index contributed by atoms with van der Waals surface area (Å²) in [5, 5.41) is 11.5. The number of hydrogen-bond donors (Lipinski definition) is 1. The normalized spacial score (nSPS) is 12.8. The van der Waals surface area contributed by atoms with E-state index >= 15 is 0 Å². The quantitative estimate of drug-likeness (QED) is 0.789. The predicted molar refractivity (Wildman–Crippen MR) is 75.4 cm³/mol. The molecule has 0 unspecified atom stereocenters. The molecule has 1 aromatic carbocycles. The fraction of sp³-hybridized carbons (Fsp3) is 0.214. The number of aryl methyl sites for hydroxylation is 1. The first-order chi connectivity index (χ1) is 10.3. The molecule has 0 saturated heterocycles. The number of anilines is 1. The van der Waals surface area contributed by atoms with E-state index in [1.54, 1.807) is 6.20 Å². The summed E-state index contributed by atoms with van der Waals surface area (Å²) in [6.07, 6.45) is 3.57. The van der Waals surface area contributed by atoms with Gasteiger partial charge < -0.3 is 14.8 Å². The Bertz CT molecular complexity index is 814. The van der Waals surface area contributed by atoms with Gasteiger partial charge in [0, 0.05) is 18.9 Å². The molecule has 106 valence electrons. The lowest BCUT2D eigenvalue weighted by molar-refractivity contribution is 0.174. The van der Waals surface area contributed by atoms with Gasteiger partial charge in [-0.05, 0) is 24.6 Å². The Kier molecular flexibility index (Phi) is 2.63. The lowest BCUT2D eigenvalue weighted by Gasteiger charge is -2.07. The molecule has 0 amide bonds. The van der Waals surface area contributed by atoms with E-state index in [-0.39, 0.29) is 6.79 Å². The molecule has 0 aliphatic carbocycles. The van der Waals surface area contributed by atoms with Gasteiger partial charge >= 0.3 is 0 Å². The van der Waals surface area contributed by atoms with Crippen LogP contribution in [0.3, 0.4) is 0 Å². The lowest BCUT2D eigenvalue weighted by atomic mass is 10.2. The molecule has 1 N–H and O–H groups in total. The summed E-state index contributed by atoms with van der Waals surface area (Å²) in [7, 11) is 0. The second-order valence-corrected chi connectivity index (χ2v) is 4.76. The van der Waals surface area contributed by atoms with Crippen molar-refractivity contribution in [2.75, 3.05) is 12.1 Å². The first-order valence-corrected chi connectivity index (χ1v) is 6.60. The molecule has 0 atom stereocenters. The number of fused-ring (bicyclic) bond motifs is 2. The number of benzene rings is 1. The molecule has 3 heterocycles. The molecule has 1 aliphatic heterocycles. The van der Waals surface area contributed by atoms with E-state index in [0.717, 1.165) is 28.5 Å². The fourth-order valence-corrected chi connectivity index (χ4v) is 2.30. The Morgan fingerprint density at radius 3 is 3.10 bits per heavy atom. The summed E-state index contributed by atoms with van der Waals surface area (Å²) in [4.78, 5) is 4.32. The maximum absolute atomic E-state index is 5.37. The molecule has 0 bridgehead atoms. The number of nitrogens with one attached hydrogen (secondary N) is 1. The highest BCUT2D eigenvalue weighted by atomic mass is 16.7. The van der Waals surface area contributed by atoms with Gasteiger partial charge in [0.25, 0.3) is 0 Å². The van der Waals surface area contributed by atoms with Gasteiger partial charge in [0.1, 0.15) is 5.82 Å². The Morgan fingerprint density at radius 2 is 2.14 bits per heavy atom. The molecule has 0 spiro atoms. The standard InChI is InChI=1S/C14H13N5O2/c1-9-17-18-14-13(15-4-5-19(9)14)16-7-10-2-3-11-12(6-10)21-8-20-11/h2-6H,7-8H2,1H3,(H,15,16). The minimum Gasteiger partial charge on any atom is -0.454 e. The lowest BCUT2D eigenvalue weighted by Crippen LogP contribution is -2.04. The highest BCUT2D eigenvalue weighted by molar-refractivity contribution is 5.62. The van der Waals surface area contributed by atoms with Gasteiger partial charge in [-0.1, -0.05) is 6.07 Å². The molecular formula is C14H13N5O2. The number of ether oxygens (including phenoxy) is 2. The van der Waals surface area contributed by atoms with Crippen LogP contribution in [0.5, 0.6) is 11.5 Å². The van der Waals surface area contributed by atoms with Crippen molar-refractivity contribution >= 4 is 11.5 Å². The van der Waals surface area contributed by atoms with E-state index in [1.165, 1.54) is 0 Å². The summed E-state index contributed by atoms with van der Waals surface area (Å²) in [6.45, 7) is 2.81. The van der Waals surface area contributed by atoms with Crippen molar-refractivity contribution in [3.8, 4) is 11.5 Å². The second-order valence-electron chi connectivity index (χ2n) is 4.76. The van der Waals surface area contributed by atoms with Gasteiger partial charge in [-0.2, -0.15) is 0 Å². The van der Waals surface area contributed by atoms with Gasteiger partial charge in [-0.25, -0.2) is 4.98 Å². The Hall–Kier alpha value is -2.83. The maximum atomic E-state index is 5.37. The SMILES string of the molecule is Cc1nnc2c(NCc3ccc4c(c3)OCO4)nccn12. The van der Waals surface area contributed by atoms with Crippen LogP contribution in [0.4, 0.5) is 5.82 Å². The van der Waals surface area contributed by atoms with Crippen molar-refractivity contribution in [2.45, 2.75) is 13.5 Å². The highest BCUT2D eigenvalue weighted by Crippen LogP contribution is 2.32. The largest absolute Gasteiger partial charge is 0.454 e. The molecule has 21 heavy (non-hydrogen) atoms. The number of nitrogens with zero attached hydrogens (tertiary/aromatic N) is 4. The van der Waals surface area contributed by atoms with Gasteiger partial charge in [0.2, 0.25) is 12.4 Å². The molecule has 0 saturated carbocycles. The van der Waals surface area contributed by atoms with Crippen molar-refractivity contribution < 1.29 is 9.47 Å². The molecule has 1 aliphatic rings. The van der Waals surface area contributed by atoms with Crippen LogP contribution in [0, 0.1) is 6.92 Å². The minimum atomic E-state index is 0.284. The number of rotatable bonds is 3. The molecule has 0 fully saturated rings. The molecule has 0 radical (unpaired) electrons. The van der Waals surface area contributed by atoms with E-state index < -0.39 is 0 Å². The van der Waals surface area contributed by atoms with Crippen LogP contribution in [0.25, 0.3) is 5.65 Å². The molecule has 4 rings (SSSR count). The predicted octanol–water partition coefficient (Wildman–Crippen LogP) is 1.77. The number of hydrogen-bond acceptors (Lipinski definition) is 6. The van der Waals surface area contributed by atoms with Crippen molar-refractivity contribution in [3.05, 3.63) is 42.0 Å². The maximum Gasteiger partial charge on any atom is 0.231 e. The summed E-state index contributed by atoms with van der Waals surface area (Å²) >= 11 is 0. The van der Waals surface area contributed by atoms with E-state index in [2.05, 4.69) is 20.5 Å². The smallest absolute Gasteiger partial charge is 0.231 e. The van der Waals surface area contributed by atoms with Crippen LogP contribution in [-0.4, -0.2) is 26.4 Å². The van der Waals surface area contributed by atoms with Gasteiger partial charge in [-0.15, -0.1) is 10.2 Å². The molecule has 7 heteroatoms. The number of aromatic nitrogens is 4. The third kappa shape index (κ3) is 2.03. The van der Waals surface area contributed by atoms with Crippen LogP contribution in [0.2, 0.25) is 0 Å². The van der Waals surface area contributed by atoms with Gasteiger partial charge in [-0.3, -0.25) is 4.40 Å². The highest BCUT2D eigenvalue weighted by Gasteiger charge is 2.13. The zero-order chi connectivity index (χ0) is 14.2. The summed E-state index contributed by atoms with van der Waals surface area (Å²) in [5.41, 5.74) is 1.80. The average molecular weight is 283 g/mol. The van der Waals surface area contributed by atoms with Gasteiger partial charge in [0.05, 0.1) is 0 Å². The van der Waals surface area contributed by atoms with E-state index in [4.69, 9.17) is 9.47 Å². The molecular weight excluding hydrogens is 270 g/mol. The van der Waals surface area contributed by atoms with Crippen LogP contribution >= 0.6 is 0 Å². The van der Waals surface area contributed by atoms with Crippen LogP contribution < -0.4 is 14.8 Å². The Balaban J connectivity index is 1.58. The van der Waals surface area contributed by atoms with Crippen molar-refractivity contribution in [1.29, 1.82) is 0 Å². The molecule has 2 aromatic heterocycles. The second kappa shape index (κ2) is 4.62. The van der Waals surface area contributed by atoms with Crippen LogP contribution in [-0.2, 0) is 6.54 Å². The fourth-order valence-electron chi connectivity index (χ4n) is 2.30.